The lowest BCUT2D eigenvalue weighted by atomic mass is 10.2. The summed E-state index contributed by atoms with van der Waals surface area (Å²) in [5.41, 5.74) is 1.73. The van der Waals surface area contributed by atoms with Crippen molar-refractivity contribution in [3.05, 3.63) is 54.7 Å². The van der Waals surface area contributed by atoms with Crippen LogP contribution >= 0.6 is 0 Å². The summed E-state index contributed by atoms with van der Waals surface area (Å²) in [6.45, 7) is 3.18. The van der Waals surface area contributed by atoms with Gasteiger partial charge in [-0.2, -0.15) is 18.2 Å². The molecular weight excluding hydrogens is 467 g/mol. The third-order valence-corrected chi connectivity index (χ3v) is 5.07. The van der Waals surface area contributed by atoms with Crippen LogP contribution in [0.4, 0.5) is 24.9 Å². The van der Waals surface area contributed by atoms with Gasteiger partial charge in [-0.25, -0.2) is 24.9 Å². The van der Waals surface area contributed by atoms with Crippen LogP contribution in [-0.2, 0) is 17.5 Å². The highest BCUT2D eigenvalue weighted by molar-refractivity contribution is 5.61. The van der Waals surface area contributed by atoms with E-state index < -0.39 is 12.1 Å². The average Bonchev–Trinajstić information content (AvgIpc) is 3.40. The first-order chi connectivity index (χ1) is 17.0. The lowest BCUT2D eigenvalue weighted by Crippen LogP contribution is -2.36. The number of hydrogen-bond donors (Lipinski definition) is 1. The standard InChI is InChI=1S/C21H18F3N9O2/c22-21(23,24)19-31-18(32-35-19)14-10-26-16(27-11-14)12-29-20-25-4-3-15(30-20)13-1-2-17(28-9-13)33-5-7-34-8-6-33/h1-4,9-11H,5-8,12H2,(H,25,29,30). The van der Waals surface area contributed by atoms with E-state index in [9.17, 15) is 13.2 Å². The van der Waals surface area contributed by atoms with E-state index in [1.165, 1.54) is 12.4 Å². The normalized spacial score (nSPS) is 14.2. The number of anilines is 2. The van der Waals surface area contributed by atoms with Crippen LogP contribution in [0, 0.1) is 0 Å². The topological polar surface area (TPSA) is 128 Å². The van der Waals surface area contributed by atoms with Crippen molar-refractivity contribution >= 4 is 11.8 Å². The molecule has 180 valence electrons. The fraction of sp³-hybridized carbons (Fsp3) is 0.286. The molecule has 35 heavy (non-hydrogen) atoms. The average molecular weight is 485 g/mol. The maximum absolute atomic E-state index is 12.6. The maximum Gasteiger partial charge on any atom is 0.471 e. The number of nitrogens with zero attached hydrogens (tertiary/aromatic N) is 8. The van der Waals surface area contributed by atoms with Crippen molar-refractivity contribution < 1.29 is 22.4 Å². The van der Waals surface area contributed by atoms with Crippen molar-refractivity contribution in [1.82, 2.24) is 35.1 Å². The quantitative estimate of drug-likeness (QED) is 0.433. The minimum absolute atomic E-state index is 0.192. The van der Waals surface area contributed by atoms with Crippen LogP contribution in [0.15, 0.2) is 47.5 Å². The van der Waals surface area contributed by atoms with Gasteiger partial charge in [0.25, 0.3) is 0 Å². The lowest BCUT2D eigenvalue weighted by Gasteiger charge is -2.27. The summed E-state index contributed by atoms with van der Waals surface area (Å²) in [6, 6.07) is 5.68. The highest BCUT2D eigenvalue weighted by Crippen LogP contribution is 2.29. The Morgan fingerprint density at radius 2 is 1.69 bits per heavy atom. The SMILES string of the molecule is FC(F)(F)c1nc(-c2cnc(CNc3nccc(-c4ccc(N5CCOCC5)nc4)n3)nc2)no1. The summed E-state index contributed by atoms with van der Waals surface area (Å²) in [5, 5.41) is 6.34. The highest BCUT2D eigenvalue weighted by Gasteiger charge is 2.38. The molecule has 0 aliphatic carbocycles. The van der Waals surface area contributed by atoms with Gasteiger partial charge in [0.05, 0.1) is 31.0 Å². The molecule has 0 saturated carbocycles. The molecule has 4 aromatic heterocycles. The molecule has 4 aromatic rings. The van der Waals surface area contributed by atoms with E-state index in [0.29, 0.717) is 30.7 Å². The molecule has 1 aliphatic heterocycles. The molecule has 0 aromatic carbocycles. The molecule has 0 bridgehead atoms. The first-order valence-electron chi connectivity index (χ1n) is 10.5. The predicted molar refractivity (Wildman–Crippen MR) is 116 cm³/mol. The summed E-state index contributed by atoms with van der Waals surface area (Å²) in [4.78, 5) is 27.0. The molecule has 11 nitrogen and oxygen atoms in total. The lowest BCUT2D eigenvalue weighted by molar-refractivity contribution is -0.159. The largest absolute Gasteiger partial charge is 0.471 e. The van der Waals surface area contributed by atoms with Crippen LogP contribution < -0.4 is 10.2 Å². The Morgan fingerprint density at radius 3 is 2.37 bits per heavy atom. The van der Waals surface area contributed by atoms with Gasteiger partial charge < -0.3 is 19.5 Å². The molecule has 0 radical (unpaired) electrons. The Kier molecular flexibility index (Phi) is 6.18. The third-order valence-electron chi connectivity index (χ3n) is 5.07. The summed E-state index contributed by atoms with van der Waals surface area (Å²) < 4.78 is 47.4. The van der Waals surface area contributed by atoms with Gasteiger partial charge >= 0.3 is 12.1 Å². The fourth-order valence-electron chi connectivity index (χ4n) is 3.30. The zero-order chi connectivity index (χ0) is 24.3. The summed E-state index contributed by atoms with van der Waals surface area (Å²) in [6.07, 6.45) is 1.30. The third kappa shape index (κ3) is 5.32. The number of halogens is 3. The Morgan fingerprint density at radius 1 is 0.914 bits per heavy atom. The van der Waals surface area contributed by atoms with Gasteiger partial charge in [0.1, 0.15) is 11.6 Å². The van der Waals surface area contributed by atoms with Gasteiger partial charge in [-0.1, -0.05) is 5.16 Å². The van der Waals surface area contributed by atoms with Gasteiger partial charge in [0, 0.05) is 43.4 Å². The van der Waals surface area contributed by atoms with Crippen molar-refractivity contribution in [3.8, 4) is 22.6 Å². The molecule has 1 saturated heterocycles. The second kappa shape index (κ2) is 9.58. The van der Waals surface area contributed by atoms with Crippen LogP contribution in [0.3, 0.4) is 0 Å². The molecular formula is C21H18F3N9O2. The minimum atomic E-state index is -4.72. The van der Waals surface area contributed by atoms with E-state index >= 15 is 0 Å². The van der Waals surface area contributed by atoms with Crippen LogP contribution in [-0.4, -0.2) is 61.4 Å². The number of alkyl halides is 3. The van der Waals surface area contributed by atoms with E-state index in [1.807, 2.05) is 12.1 Å². The zero-order valence-electron chi connectivity index (χ0n) is 18.1. The van der Waals surface area contributed by atoms with Crippen molar-refractivity contribution in [2.24, 2.45) is 0 Å². The Balaban J connectivity index is 1.22. The van der Waals surface area contributed by atoms with Gasteiger partial charge in [0.2, 0.25) is 11.8 Å². The van der Waals surface area contributed by atoms with Crippen LogP contribution in [0.5, 0.6) is 0 Å². The molecule has 1 aliphatic rings. The second-order valence-corrected chi connectivity index (χ2v) is 7.43. The van der Waals surface area contributed by atoms with E-state index in [4.69, 9.17) is 4.74 Å². The molecule has 0 unspecified atom stereocenters. The van der Waals surface area contributed by atoms with E-state index in [2.05, 4.69) is 49.8 Å². The summed E-state index contributed by atoms with van der Waals surface area (Å²) >= 11 is 0. The molecule has 5 heterocycles. The number of pyridine rings is 1. The molecule has 0 atom stereocenters. The van der Waals surface area contributed by atoms with E-state index in [0.717, 1.165) is 24.5 Å². The van der Waals surface area contributed by atoms with Gasteiger partial charge in [-0.3, -0.25) is 0 Å². The zero-order valence-corrected chi connectivity index (χ0v) is 18.1. The Hall–Kier alpha value is -4.20. The number of aromatic nitrogens is 7. The first-order valence-corrected chi connectivity index (χ1v) is 10.5. The summed E-state index contributed by atoms with van der Waals surface area (Å²) in [5.74, 6) is -0.0536. The van der Waals surface area contributed by atoms with Gasteiger partial charge in [0.15, 0.2) is 0 Å². The van der Waals surface area contributed by atoms with E-state index in [1.54, 1.807) is 18.5 Å². The number of rotatable bonds is 6. The van der Waals surface area contributed by atoms with E-state index in [-0.39, 0.29) is 17.9 Å². The molecule has 5 rings (SSSR count). The maximum atomic E-state index is 12.6. The smallest absolute Gasteiger partial charge is 0.378 e. The predicted octanol–water partition coefficient (Wildman–Crippen LogP) is 2.85. The van der Waals surface area contributed by atoms with Gasteiger partial charge in [-0.15, -0.1) is 0 Å². The monoisotopic (exact) mass is 485 g/mol. The molecule has 1 N–H and O–H groups in total. The van der Waals surface area contributed by atoms with Crippen LogP contribution in [0.25, 0.3) is 22.6 Å². The molecule has 0 amide bonds. The second-order valence-electron chi connectivity index (χ2n) is 7.43. The van der Waals surface area contributed by atoms with Crippen molar-refractivity contribution in [2.45, 2.75) is 12.7 Å². The number of nitrogens with one attached hydrogen (secondary N) is 1. The number of hydrogen-bond acceptors (Lipinski definition) is 11. The molecule has 1 fully saturated rings. The first kappa shape index (κ1) is 22.6. The Labute approximate surface area is 196 Å². The highest BCUT2D eigenvalue weighted by atomic mass is 19.4. The molecule has 14 heteroatoms. The number of ether oxygens (including phenoxy) is 1. The van der Waals surface area contributed by atoms with Crippen molar-refractivity contribution in [2.75, 3.05) is 36.5 Å². The Bertz CT molecular complexity index is 1270. The fourth-order valence-corrected chi connectivity index (χ4v) is 3.30. The van der Waals surface area contributed by atoms with Gasteiger partial charge in [-0.05, 0) is 18.2 Å². The van der Waals surface area contributed by atoms with Crippen molar-refractivity contribution in [3.63, 3.8) is 0 Å². The molecule has 0 spiro atoms. The number of morpholine rings is 1. The summed E-state index contributed by atoms with van der Waals surface area (Å²) in [7, 11) is 0. The van der Waals surface area contributed by atoms with Crippen LogP contribution in [0.1, 0.15) is 11.7 Å². The minimum Gasteiger partial charge on any atom is -0.378 e. The van der Waals surface area contributed by atoms with Crippen LogP contribution in [0.2, 0.25) is 0 Å². The van der Waals surface area contributed by atoms with Crippen molar-refractivity contribution in [1.29, 1.82) is 0 Å².